The van der Waals surface area contributed by atoms with Gasteiger partial charge in [-0.25, -0.2) is 13.1 Å². The van der Waals surface area contributed by atoms with E-state index in [0.29, 0.717) is 0 Å². The van der Waals surface area contributed by atoms with Crippen molar-refractivity contribution in [3.63, 3.8) is 0 Å². The first-order valence-corrected chi connectivity index (χ1v) is 10.2. The highest BCUT2D eigenvalue weighted by atomic mass is 32.2. The SMILES string of the molecule is N#Cc1cc(NC(=O)c2ccc(S(=O)(=O)NC3CC3)cc2)ccc1OCC(F)(F)F. The fourth-order valence-electron chi connectivity index (χ4n) is 2.46. The number of amides is 1. The Kier molecular flexibility index (Phi) is 6.00. The number of ether oxygens (including phenoxy) is 1. The molecule has 3 rings (SSSR count). The lowest BCUT2D eigenvalue weighted by Crippen LogP contribution is -2.25. The third-order valence-corrected chi connectivity index (χ3v) is 5.61. The van der Waals surface area contributed by atoms with Gasteiger partial charge in [0.25, 0.3) is 5.91 Å². The number of alkyl halides is 3. The Balaban J connectivity index is 1.68. The molecule has 0 aromatic heterocycles. The van der Waals surface area contributed by atoms with Crippen molar-refractivity contribution >= 4 is 21.6 Å². The molecule has 0 aliphatic heterocycles. The number of nitrogens with zero attached hydrogens (tertiary/aromatic N) is 1. The van der Waals surface area contributed by atoms with Crippen LogP contribution < -0.4 is 14.8 Å². The first-order valence-electron chi connectivity index (χ1n) is 8.75. The average Bonchev–Trinajstić information content (AvgIpc) is 3.49. The van der Waals surface area contributed by atoms with E-state index >= 15 is 0 Å². The van der Waals surface area contributed by atoms with Gasteiger partial charge < -0.3 is 10.1 Å². The molecule has 1 aliphatic carbocycles. The Morgan fingerprint density at radius 3 is 2.40 bits per heavy atom. The molecule has 30 heavy (non-hydrogen) atoms. The van der Waals surface area contributed by atoms with Crippen molar-refractivity contribution in [3.05, 3.63) is 53.6 Å². The summed E-state index contributed by atoms with van der Waals surface area (Å²) in [6, 6.07) is 10.6. The van der Waals surface area contributed by atoms with Crippen LogP contribution in [-0.2, 0) is 10.0 Å². The van der Waals surface area contributed by atoms with Gasteiger partial charge in [0.2, 0.25) is 10.0 Å². The Labute approximate surface area is 170 Å². The Hall–Kier alpha value is -3.10. The maximum atomic E-state index is 12.4. The standard InChI is InChI=1S/C19H16F3N3O4S/c20-19(21,22)11-29-17-8-5-15(9-13(17)10-23)24-18(26)12-1-6-16(7-2-12)30(27,28)25-14-3-4-14/h1-2,5-9,14,25H,3-4,11H2,(H,24,26). The van der Waals surface area contributed by atoms with Gasteiger partial charge in [0.05, 0.1) is 10.5 Å². The Morgan fingerprint density at radius 2 is 1.83 bits per heavy atom. The molecule has 0 bridgehead atoms. The fourth-order valence-corrected chi connectivity index (χ4v) is 3.76. The molecule has 0 spiro atoms. The normalized spacial score (nSPS) is 14.1. The van der Waals surface area contributed by atoms with E-state index in [2.05, 4.69) is 14.8 Å². The van der Waals surface area contributed by atoms with E-state index in [1.807, 2.05) is 0 Å². The van der Waals surface area contributed by atoms with Crippen molar-refractivity contribution in [3.8, 4) is 11.8 Å². The summed E-state index contributed by atoms with van der Waals surface area (Å²) in [5.74, 6) is -0.840. The van der Waals surface area contributed by atoms with E-state index in [1.165, 1.54) is 36.4 Å². The second-order valence-electron chi connectivity index (χ2n) is 6.60. The van der Waals surface area contributed by atoms with Crippen molar-refractivity contribution in [2.24, 2.45) is 0 Å². The summed E-state index contributed by atoms with van der Waals surface area (Å²) in [7, 11) is -3.64. The van der Waals surface area contributed by atoms with Crippen LogP contribution in [0.15, 0.2) is 47.4 Å². The van der Waals surface area contributed by atoms with Gasteiger partial charge in [-0.3, -0.25) is 4.79 Å². The van der Waals surface area contributed by atoms with Crippen LogP contribution in [-0.4, -0.2) is 33.1 Å². The number of hydrogen-bond acceptors (Lipinski definition) is 5. The predicted molar refractivity (Wildman–Crippen MR) is 100 cm³/mol. The minimum atomic E-state index is -4.55. The van der Waals surface area contributed by atoms with Crippen molar-refractivity contribution in [1.29, 1.82) is 5.26 Å². The Bertz CT molecular complexity index is 1090. The summed E-state index contributed by atoms with van der Waals surface area (Å²) < 4.78 is 68.2. The van der Waals surface area contributed by atoms with Gasteiger partial charge in [0.15, 0.2) is 6.61 Å². The molecular formula is C19H16F3N3O4S. The summed E-state index contributed by atoms with van der Waals surface area (Å²) in [6.07, 6.45) is -2.96. The topological polar surface area (TPSA) is 108 Å². The molecule has 1 fully saturated rings. The molecule has 2 aromatic rings. The molecule has 7 nitrogen and oxygen atoms in total. The van der Waals surface area contributed by atoms with Crippen LogP contribution in [0.4, 0.5) is 18.9 Å². The van der Waals surface area contributed by atoms with Crippen molar-refractivity contribution in [2.45, 2.75) is 30.0 Å². The molecule has 0 saturated heterocycles. The van der Waals surface area contributed by atoms with Crippen LogP contribution in [0.3, 0.4) is 0 Å². The molecule has 11 heteroatoms. The quantitative estimate of drug-likeness (QED) is 0.689. The van der Waals surface area contributed by atoms with Crippen molar-refractivity contribution < 1.29 is 31.1 Å². The number of carbonyl (C=O) groups excluding carboxylic acids is 1. The zero-order chi connectivity index (χ0) is 21.9. The number of benzene rings is 2. The number of hydrogen-bond donors (Lipinski definition) is 2. The number of halogens is 3. The van der Waals surface area contributed by atoms with Crippen molar-refractivity contribution in [1.82, 2.24) is 4.72 Å². The van der Waals surface area contributed by atoms with Crippen LogP contribution >= 0.6 is 0 Å². The van der Waals surface area contributed by atoms with Crippen LogP contribution in [0.25, 0.3) is 0 Å². The molecule has 1 amide bonds. The molecule has 0 unspecified atom stereocenters. The van der Waals surface area contributed by atoms with Crippen molar-refractivity contribution in [2.75, 3.05) is 11.9 Å². The highest BCUT2D eigenvalue weighted by Crippen LogP contribution is 2.25. The lowest BCUT2D eigenvalue weighted by atomic mass is 10.1. The fraction of sp³-hybridized carbons (Fsp3) is 0.263. The average molecular weight is 439 g/mol. The zero-order valence-corrected chi connectivity index (χ0v) is 16.2. The molecule has 1 aliphatic rings. The summed E-state index contributed by atoms with van der Waals surface area (Å²) in [5, 5.41) is 11.6. The zero-order valence-electron chi connectivity index (χ0n) is 15.4. The third-order valence-electron chi connectivity index (χ3n) is 4.08. The van der Waals surface area contributed by atoms with E-state index in [1.54, 1.807) is 6.07 Å². The second kappa shape index (κ2) is 8.33. The molecule has 158 valence electrons. The summed E-state index contributed by atoms with van der Waals surface area (Å²) in [4.78, 5) is 12.4. The van der Waals surface area contributed by atoms with Crippen LogP contribution in [0.5, 0.6) is 5.75 Å². The number of nitriles is 1. The van der Waals surface area contributed by atoms with Crippen LogP contribution in [0.2, 0.25) is 0 Å². The summed E-state index contributed by atoms with van der Waals surface area (Å²) >= 11 is 0. The molecule has 2 N–H and O–H groups in total. The van der Waals surface area contributed by atoms with Gasteiger partial charge in [-0.2, -0.15) is 18.4 Å². The van der Waals surface area contributed by atoms with Gasteiger partial charge in [-0.1, -0.05) is 0 Å². The summed E-state index contributed by atoms with van der Waals surface area (Å²) in [5.41, 5.74) is 0.156. The van der Waals surface area contributed by atoms with Gasteiger partial charge in [-0.15, -0.1) is 0 Å². The van der Waals surface area contributed by atoms with Gasteiger partial charge in [0.1, 0.15) is 11.8 Å². The predicted octanol–water partition coefficient (Wildman–Crippen LogP) is 3.19. The van der Waals surface area contributed by atoms with E-state index in [4.69, 9.17) is 5.26 Å². The minimum absolute atomic E-state index is 0.0314. The number of anilines is 1. The molecule has 0 radical (unpaired) electrons. The first-order chi connectivity index (χ1) is 14.1. The largest absolute Gasteiger partial charge is 0.483 e. The summed E-state index contributed by atoms with van der Waals surface area (Å²) in [6.45, 7) is -1.54. The second-order valence-corrected chi connectivity index (χ2v) is 8.31. The van der Waals surface area contributed by atoms with E-state index in [9.17, 15) is 26.4 Å². The molecule has 0 heterocycles. The number of rotatable bonds is 7. The molecule has 2 aromatic carbocycles. The van der Waals surface area contributed by atoms with Gasteiger partial charge >= 0.3 is 6.18 Å². The monoisotopic (exact) mass is 439 g/mol. The number of carbonyl (C=O) groups is 1. The van der Waals surface area contributed by atoms with Gasteiger partial charge in [0, 0.05) is 17.3 Å². The maximum Gasteiger partial charge on any atom is 0.422 e. The maximum absolute atomic E-state index is 12.4. The van der Waals surface area contributed by atoms with Gasteiger partial charge in [-0.05, 0) is 55.3 Å². The first kappa shape index (κ1) is 21.6. The molecule has 1 saturated carbocycles. The Morgan fingerprint density at radius 1 is 1.17 bits per heavy atom. The van der Waals surface area contributed by atoms with Crippen LogP contribution in [0.1, 0.15) is 28.8 Å². The van der Waals surface area contributed by atoms with E-state index in [0.717, 1.165) is 18.9 Å². The van der Waals surface area contributed by atoms with E-state index in [-0.39, 0.29) is 33.5 Å². The lowest BCUT2D eigenvalue weighted by Gasteiger charge is -2.12. The van der Waals surface area contributed by atoms with E-state index < -0.39 is 28.7 Å². The molecule has 0 atom stereocenters. The minimum Gasteiger partial charge on any atom is -0.483 e. The smallest absolute Gasteiger partial charge is 0.422 e. The van der Waals surface area contributed by atoms with Crippen LogP contribution in [0, 0.1) is 11.3 Å². The lowest BCUT2D eigenvalue weighted by molar-refractivity contribution is -0.153. The highest BCUT2D eigenvalue weighted by Gasteiger charge is 2.29. The highest BCUT2D eigenvalue weighted by molar-refractivity contribution is 7.89. The number of nitrogens with one attached hydrogen (secondary N) is 2. The number of sulfonamides is 1. The third kappa shape index (κ3) is 5.71. The molecular weight excluding hydrogens is 423 g/mol.